The monoisotopic (exact) mass is 408 g/mol. The number of unbranched alkanes of at least 4 members (excludes halogenated alkanes) is 1. The van der Waals surface area contributed by atoms with E-state index >= 15 is 0 Å². The van der Waals surface area contributed by atoms with Crippen molar-refractivity contribution in [2.24, 2.45) is 5.73 Å². The molecule has 0 atom stereocenters. The van der Waals surface area contributed by atoms with Gasteiger partial charge in [0.05, 0.1) is 11.3 Å². The minimum absolute atomic E-state index is 0.185. The number of hydrogen-bond donors (Lipinski definition) is 2. The highest BCUT2D eigenvalue weighted by atomic mass is 19.4. The van der Waals surface area contributed by atoms with E-state index in [-0.39, 0.29) is 5.56 Å². The number of hydrogen-bond acceptors (Lipinski definition) is 1. The number of aryl methyl sites for hydroxylation is 1. The fourth-order valence-corrected chi connectivity index (χ4v) is 3.94. The number of fused-ring (bicyclic) bond motifs is 1. The quantitative estimate of drug-likeness (QED) is 0.338. The van der Waals surface area contributed by atoms with Crippen LogP contribution >= 0.6 is 0 Å². The molecule has 30 heavy (non-hydrogen) atoms. The van der Waals surface area contributed by atoms with Gasteiger partial charge in [-0.25, -0.2) is 0 Å². The van der Waals surface area contributed by atoms with Crippen LogP contribution in [0.5, 0.6) is 0 Å². The Labute approximate surface area is 173 Å². The molecule has 1 heterocycles. The molecule has 0 aliphatic carbocycles. The van der Waals surface area contributed by atoms with Crippen molar-refractivity contribution in [3.05, 3.63) is 83.9 Å². The third-order valence-corrected chi connectivity index (χ3v) is 5.40. The van der Waals surface area contributed by atoms with E-state index in [2.05, 4.69) is 11.1 Å². The second kappa shape index (κ2) is 8.36. The molecule has 0 saturated heterocycles. The predicted molar refractivity (Wildman–Crippen MR) is 116 cm³/mol. The summed E-state index contributed by atoms with van der Waals surface area (Å²) in [5, 5.41) is 0.959. The topological polar surface area (TPSA) is 41.8 Å². The SMILES string of the molecule is NCCCCc1c(-c2ccccc2C(F)(F)F)[nH]c2ccc(-c3ccccc3)cc12. The number of alkyl halides is 3. The highest BCUT2D eigenvalue weighted by Gasteiger charge is 2.34. The molecule has 0 aliphatic heterocycles. The van der Waals surface area contributed by atoms with Crippen molar-refractivity contribution in [1.29, 1.82) is 0 Å². The van der Waals surface area contributed by atoms with Crippen molar-refractivity contribution in [3.63, 3.8) is 0 Å². The minimum atomic E-state index is -4.42. The standard InChI is InChI=1S/C25H23F3N2/c26-25(27,28)22-12-5-4-11-20(22)24-19(10-6-7-15-29)21-16-18(13-14-23(21)30-24)17-8-2-1-3-9-17/h1-5,8-9,11-14,16,30H,6-7,10,15,29H2. The molecule has 0 amide bonds. The molecular formula is C25H23F3N2. The summed E-state index contributed by atoms with van der Waals surface area (Å²) in [6, 6.07) is 21.7. The van der Waals surface area contributed by atoms with E-state index in [1.807, 2.05) is 42.5 Å². The molecule has 0 saturated carbocycles. The zero-order valence-corrected chi connectivity index (χ0v) is 16.5. The number of nitrogens with two attached hydrogens (primary N) is 1. The van der Waals surface area contributed by atoms with Gasteiger partial charge in [0.25, 0.3) is 0 Å². The molecule has 0 radical (unpaired) electrons. The summed E-state index contributed by atoms with van der Waals surface area (Å²) in [4.78, 5) is 3.27. The Bertz CT molecular complexity index is 1140. The second-order valence-electron chi connectivity index (χ2n) is 7.39. The largest absolute Gasteiger partial charge is 0.417 e. The molecule has 0 unspecified atom stereocenters. The molecule has 5 heteroatoms. The van der Waals surface area contributed by atoms with E-state index in [0.717, 1.165) is 46.5 Å². The lowest BCUT2D eigenvalue weighted by molar-refractivity contribution is -0.137. The maximum atomic E-state index is 13.7. The number of aromatic nitrogens is 1. The normalized spacial score (nSPS) is 11.9. The first-order chi connectivity index (χ1) is 14.5. The fourth-order valence-electron chi connectivity index (χ4n) is 3.94. The van der Waals surface area contributed by atoms with Gasteiger partial charge in [0.1, 0.15) is 0 Å². The zero-order valence-electron chi connectivity index (χ0n) is 16.5. The van der Waals surface area contributed by atoms with Crippen molar-refractivity contribution in [2.75, 3.05) is 6.54 Å². The lowest BCUT2D eigenvalue weighted by Gasteiger charge is -2.13. The highest BCUT2D eigenvalue weighted by molar-refractivity contribution is 5.94. The molecule has 0 fully saturated rings. The van der Waals surface area contributed by atoms with Crippen LogP contribution in [0, 0.1) is 0 Å². The molecule has 1 aromatic heterocycles. The van der Waals surface area contributed by atoms with Crippen LogP contribution in [0.15, 0.2) is 72.8 Å². The van der Waals surface area contributed by atoms with Crippen molar-refractivity contribution in [3.8, 4) is 22.4 Å². The lowest BCUT2D eigenvalue weighted by atomic mass is 9.95. The molecule has 2 nitrogen and oxygen atoms in total. The first-order valence-corrected chi connectivity index (χ1v) is 10.1. The maximum absolute atomic E-state index is 13.7. The van der Waals surface area contributed by atoms with Crippen molar-refractivity contribution in [1.82, 2.24) is 4.98 Å². The van der Waals surface area contributed by atoms with Gasteiger partial charge in [0.15, 0.2) is 0 Å². The summed E-state index contributed by atoms with van der Waals surface area (Å²) in [5.41, 5.74) is 9.62. The summed E-state index contributed by atoms with van der Waals surface area (Å²) in [6.45, 7) is 0.562. The Morgan fingerprint density at radius 3 is 2.27 bits per heavy atom. The van der Waals surface area contributed by atoms with Crippen LogP contribution in [0.4, 0.5) is 13.2 Å². The van der Waals surface area contributed by atoms with Gasteiger partial charge >= 0.3 is 6.18 Å². The van der Waals surface area contributed by atoms with E-state index in [4.69, 9.17) is 5.73 Å². The molecule has 0 aliphatic rings. The van der Waals surface area contributed by atoms with Gasteiger partial charge in [0, 0.05) is 16.5 Å². The smallest absolute Gasteiger partial charge is 0.354 e. The van der Waals surface area contributed by atoms with Crippen LogP contribution in [0.3, 0.4) is 0 Å². The Morgan fingerprint density at radius 1 is 0.800 bits per heavy atom. The Balaban J connectivity index is 1.91. The van der Waals surface area contributed by atoms with Gasteiger partial charge in [-0.1, -0.05) is 54.6 Å². The summed E-state index contributed by atoms with van der Waals surface area (Å²) in [7, 11) is 0. The van der Waals surface area contributed by atoms with E-state index in [9.17, 15) is 13.2 Å². The average molecular weight is 408 g/mol. The van der Waals surface area contributed by atoms with Crippen LogP contribution < -0.4 is 5.73 Å². The molecule has 154 valence electrons. The van der Waals surface area contributed by atoms with Crippen molar-refractivity contribution in [2.45, 2.75) is 25.4 Å². The third kappa shape index (κ3) is 3.98. The number of aromatic amines is 1. The summed E-state index contributed by atoms with van der Waals surface area (Å²) in [6.07, 6.45) is -2.11. The summed E-state index contributed by atoms with van der Waals surface area (Å²) < 4.78 is 41.0. The number of benzene rings is 3. The van der Waals surface area contributed by atoms with Crippen LogP contribution in [0.2, 0.25) is 0 Å². The molecule has 4 aromatic rings. The fraction of sp³-hybridized carbons (Fsp3) is 0.200. The van der Waals surface area contributed by atoms with Gasteiger partial charge < -0.3 is 10.7 Å². The van der Waals surface area contributed by atoms with Gasteiger partial charge in [-0.05, 0) is 60.7 Å². The van der Waals surface area contributed by atoms with Gasteiger partial charge in [-0.3, -0.25) is 0 Å². The Morgan fingerprint density at radius 2 is 1.53 bits per heavy atom. The lowest BCUT2D eigenvalue weighted by Crippen LogP contribution is -2.07. The molecule has 0 bridgehead atoms. The predicted octanol–water partition coefficient (Wildman–Crippen LogP) is 6.80. The molecule has 3 N–H and O–H groups in total. The first-order valence-electron chi connectivity index (χ1n) is 10.1. The molecular weight excluding hydrogens is 385 g/mol. The van der Waals surface area contributed by atoms with E-state index in [1.165, 1.54) is 12.1 Å². The van der Waals surface area contributed by atoms with E-state index < -0.39 is 11.7 Å². The van der Waals surface area contributed by atoms with Crippen LogP contribution in [0.25, 0.3) is 33.3 Å². The summed E-state index contributed by atoms with van der Waals surface area (Å²) in [5.74, 6) is 0. The Hall–Kier alpha value is -3.05. The van der Waals surface area contributed by atoms with Gasteiger partial charge in [-0.15, -0.1) is 0 Å². The van der Waals surface area contributed by atoms with E-state index in [1.54, 1.807) is 6.07 Å². The number of halogens is 3. The minimum Gasteiger partial charge on any atom is -0.354 e. The highest BCUT2D eigenvalue weighted by Crippen LogP contribution is 2.40. The maximum Gasteiger partial charge on any atom is 0.417 e. The van der Waals surface area contributed by atoms with Gasteiger partial charge in [0.2, 0.25) is 0 Å². The molecule has 3 aromatic carbocycles. The number of H-pyrrole nitrogens is 1. The van der Waals surface area contributed by atoms with Crippen LogP contribution in [-0.4, -0.2) is 11.5 Å². The zero-order chi connectivity index (χ0) is 21.1. The number of rotatable bonds is 6. The molecule has 4 rings (SSSR count). The van der Waals surface area contributed by atoms with Crippen LogP contribution in [0.1, 0.15) is 24.0 Å². The summed E-state index contributed by atoms with van der Waals surface area (Å²) >= 11 is 0. The van der Waals surface area contributed by atoms with Crippen LogP contribution in [-0.2, 0) is 12.6 Å². The second-order valence-corrected chi connectivity index (χ2v) is 7.39. The van der Waals surface area contributed by atoms with E-state index in [0.29, 0.717) is 18.7 Å². The first kappa shape index (κ1) is 20.2. The van der Waals surface area contributed by atoms with Gasteiger partial charge in [-0.2, -0.15) is 13.2 Å². The Kier molecular flexibility index (Phi) is 5.64. The van der Waals surface area contributed by atoms with Crippen molar-refractivity contribution < 1.29 is 13.2 Å². The van der Waals surface area contributed by atoms with Crippen molar-refractivity contribution >= 4 is 10.9 Å². The third-order valence-electron chi connectivity index (χ3n) is 5.40. The molecule has 0 spiro atoms. The average Bonchev–Trinajstić information content (AvgIpc) is 3.12. The number of nitrogens with one attached hydrogen (secondary N) is 1.